The van der Waals surface area contributed by atoms with Gasteiger partial charge in [-0.25, -0.2) is 0 Å². The van der Waals surface area contributed by atoms with Crippen LogP contribution in [0.25, 0.3) is 0 Å². The molecule has 2 N–H and O–H groups in total. The monoisotopic (exact) mass is 660 g/mol. The van der Waals surface area contributed by atoms with Gasteiger partial charge >= 0.3 is 277 Å². The zero-order valence-corrected chi connectivity index (χ0v) is 28.1. The Balaban J connectivity index is 1.59. The Morgan fingerprint density at radius 2 is 1.15 bits per heavy atom. The molecule has 4 aromatic rings. The number of rotatable bonds is 14. The molecule has 4 rings (SSSR count). The second-order valence-corrected chi connectivity index (χ2v) is 18.2. The van der Waals surface area contributed by atoms with Crippen LogP contribution in [0.2, 0.25) is 0 Å². The third-order valence-corrected chi connectivity index (χ3v) is 15.4. The van der Waals surface area contributed by atoms with Crippen LogP contribution < -0.4 is 26.5 Å². The molecular formula is C37H42ClN2O5P. The van der Waals surface area contributed by atoms with E-state index in [4.69, 9.17) is 20.7 Å². The summed E-state index contributed by atoms with van der Waals surface area (Å²) in [6, 6.07) is 37.3. The molecule has 9 heteroatoms. The Labute approximate surface area is 276 Å². The Morgan fingerprint density at radius 1 is 0.696 bits per heavy atom. The van der Waals surface area contributed by atoms with E-state index in [-0.39, 0.29) is 18.9 Å². The number of alkyl carbamates (subject to hydrolysis) is 1. The molecule has 2 amide bonds. The fraction of sp³-hybridized carbons (Fsp3) is 0.270. The molecule has 0 aliphatic heterocycles. The Bertz CT molecular complexity index is 1470. The van der Waals surface area contributed by atoms with Gasteiger partial charge in [0.2, 0.25) is 0 Å². The molecule has 4 aromatic carbocycles. The number of carbonyl (C=O) groups is 3. The minimum absolute atomic E-state index is 0.0103. The number of hydrogen-bond acceptors (Lipinski definition) is 5. The minimum atomic E-state index is -3.65. The van der Waals surface area contributed by atoms with Crippen molar-refractivity contribution in [2.24, 2.45) is 5.92 Å². The number of amides is 2. The van der Waals surface area contributed by atoms with Crippen molar-refractivity contribution in [2.45, 2.75) is 38.8 Å². The summed E-state index contributed by atoms with van der Waals surface area (Å²) >= 11 is 8.07. The van der Waals surface area contributed by atoms with E-state index in [9.17, 15) is 14.4 Å². The molecule has 0 bridgehead atoms. The van der Waals surface area contributed by atoms with Crippen molar-refractivity contribution in [1.29, 1.82) is 0 Å². The zero-order valence-electron chi connectivity index (χ0n) is 26.5. The van der Waals surface area contributed by atoms with Gasteiger partial charge < -0.3 is 0 Å². The molecule has 0 aromatic heterocycles. The Hall–Kier alpha value is -4.19. The number of carbonyl (C=O) groups excluding carboxylic acids is 3. The van der Waals surface area contributed by atoms with Crippen molar-refractivity contribution >= 4 is 51.1 Å². The van der Waals surface area contributed by atoms with E-state index >= 15 is 0 Å². The summed E-state index contributed by atoms with van der Waals surface area (Å²) in [5.41, 5.74) is 0.837. The quantitative estimate of drug-likeness (QED) is 0.134. The van der Waals surface area contributed by atoms with Gasteiger partial charge in [-0.2, -0.15) is 0 Å². The van der Waals surface area contributed by atoms with Gasteiger partial charge in [-0.05, 0) is 0 Å². The predicted octanol–water partition coefficient (Wildman–Crippen LogP) is 5.71. The molecule has 2 atom stereocenters. The summed E-state index contributed by atoms with van der Waals surface area (Å²) in [6.45, 7) is 3.89. The number of esters is 1. The molecule has 0 aliphatic carbocycles. The topological polar surface area (TPSA) is 93.7 Å². The number of benzene rings is 4. The molecule has 242 valence electrons. The van der Waals surface area contributed by atoms with Crippen molar-refractivity contribution in [2.75, 3.05) is 19.9 Å². The first kappa shape index (κ1) is 34.7. The third-order valence-electron chi connectivity index (χ3n) is 8.03. The SMILES string of the molecule is COC(=O)C(CC(C)C)NC(=O)C(Cc1ccccc1)NC(=O)OCCP(Cl)(c1ccccc1)(c1ccccc1)c1ccccc1. The second-order valence-electron chi connectivity index (χ2n) is 11.6. The maximum atomic E-state index is 13.5. The van der Waals surface area contributed by atoms with Crippen molar-refractivity contribution in [1.82, 2.24) is 10.6 Å². The maximum absolute atomic E-state index is 13.5. The first-order valence-corrected chi connectivity index (χ1v) is 18.7. The van der Waals surface area contributed by atoms with Gasteiger partial charge in [0.1, 0.15) is 0 Å². The Morgan fingerprint density at radius 3 is 1.59 bits per heavy atom. The van der Waals surface area contributed by atoms with Gasteiger partial charge in [-0.1, -0.05) is 0 Å². The molecule has 0 fully saturated rings. The van der Waals surface area contributed by atoms with E-state index in [0.29, 0.717) is 12.6 Å². The number of nitrogens with one attached hydrogen (secondary N) is 2. The second kappa shape index (κ2) is 15.9. The van der Waals surface area contributed by atoms with Crippen molar-refractivity contribution in [3.63, 3.8) is 0 Å². The molecule has 0 radical (unpaired) electrons. The third kappa shape index (κ3) is 8.14. The van der Waals surface area contributed by atoms with Gasteiger partial charge in [0, 0.05) is 0 Å². The molecule has 0 spiro atoms. The average molecular weight is 661 g/mol. The van der Waals surface area contributed by atoms with Crippen LogP contribution in [0.15, 0.2) is 121 Å². The van der Waals surface area contributed by atoms with Crippen LogP contribution in [0.3, 0.4) is 0 Å². The van der Waals surface area contributed by atoms with Crippen LogP contribution in [0, 0.1) is 5.92 Å². The summed E-state index contributed by atoms with van der Waals surface area (Å²) in [5.74, 6) is -4.58. The number of hydrogen-bond donors (Lipinski definition) is 2. The van der Waals surface area contributed by atoms with Gasteiger partial charge in [-0.3, -0.25) is 0 Å². The van der Waals surface area contributed by atoms with Crippen LogP contribution in [-0.4, -0.2) is 49.9 Å². The predicted molar refractivity (Wildman–Crippen MR) is 188 cm³/mol. The van der Waals surface area contributed by atoms with Gasteiger partial charge in [0.15, 0.2) is 0 Å². The summed E-state index contributed by atoms with van der Waals surface area (Å²) in [6.07, 6.45) is 0.157. The average Bonchev–Trinajstić information content (AvgIpc) is 3.08. The van der Waals surface area contributed by atoms with E-state index in [1.54, 1.807) is 0 Å². The molecule has 0 saturated carbocycles. The van der Waals surface area contributed by atoms with E-state index < -0.39 is 36.0 Å². The number of halogens is 1. The normalized spacial score (nSPS) is 13.5. The van der Waals surface area contributed by atoms with E-state index in [0.717, 1.165) is 21.5 Å². The van der Waals surface area contributed by atoms with Crippen molar-refractivity contribution in [3.8, 4) is 0 Å². The fourth-order valence-corrected chi connectivity index (χ4v) is 11.4. The van der Waals surface area contributed by atoms with Gasteiger partial charge in [-0.15, -0.1) is 0 Å². The summed E-state index contributed by atoms with van der Waals surface area (Å²) in [4.78, 5) is 39.3. The first-order valence-electron chi connectivity index (χ1n) is 15.4. The van der Waals surface area contributed by atoms with E-state index in [2.05, 4.69) is 10.6 Å². The molecule has 0 heterocycles. The Kier molecular flexibility index (Phi) is 12.0. The molecular weight excluding hydrogens is 619 g/mol. The van der Waals surface area contributed by atoms with Crippen LogP contribution in [0.1, 0.15) is 25.8 Å². The van der Waals surface area contributed by atoms with Gasteiger partial charge in [0.25, 0.3) is 0 Å². The fourth-order valence-electron chi connectivity index (χ4n) is 5.70. The molecule has 7 nitrogen and oxygen atoms in total. The molecule has 2 unspecified atom stereocenters. The van der Waals surface area contributed by atoms with Crippen LogP contribution in [0.4, 0.5) is 4.79 Å². The van der Waals surface area contributed by atoms with Crippen LogP contribution >= 0.6 is 17.2 Å². The van der Waals surface area contributed by atoms with E-state index in [1.807, 2.05) is 135 Å². The molecule has 46 heavy (non-hydrogen) atoms. The molecule has 0 saturated heterocycles. The summed E-state index contributed by atoms with van der Waals surface area (Å²) in [5, 5.41) is 8.39. The van der Waals surface area contributed by atoms with Crippen LogP contribution in [0.5, 0.6) is 0 Å². The van der Waals surface area contributed by atoms with E-state index in [1.165, 1.54) is 7.11 Å². The number of methoxy groups -OCH3 is 1. The molecule has 0 aliphatic rings. The summed E-state index contributed by atoms with van der Waals surface area (Å²) < 4.78 is 10.7. The van der Waals surface area contributed by atoms with Crippen molar-refractivity contribution < 1.29 is 23.9 Å². The van der Waals surface area contributed by atoms with Crippen LogP contribution in [-0.2, 0) is 25.5 Å². The zero-order chi connectivity index (χ0) is 33.0. The standard InChI is InChI=1S/C37H42ClN2O5P/c1-28(2)26-34(36(42)44-3)39-35(41)33(27-29-16-8-4-9-17-29)40-37(43)45-24-25-46(38,30-18-10-5-11-19-30,31-20-12-6-13-21-31)32-22-14-7-15-23-32/h4-23,28,33-34H,24-27H2,1-3H3,(H,39,41)(H,40,43). The first-order chi connectivity index (χ1) is 22.1. The van der Waals surface area contributed by atoms with Crippen molar-refractivity contribution in [3.05, 3.63) is 127 Å². The number of ether oxygens (including phenoxy) is 2. The summed E-state index contributed by atoms with van der Waals surface area (Å²) in [7, 11) is 1.28. The van der Waals surface area contributed by atoms with Gasteiger partial charge in [0.05, 0.1) is 0 Å².